The zero-order chi connectivity index (χ0) is 19.3. The van der Waals surface area contributed by atoms with Gasteiger partial charge in [0.25, 0.3) is 0 Å². The highest BCUT2D eigenvalue weighted by Gasteiger charge is 2.44. The Balaban J connectivity index is 0.00000280. The first-order valence-corrected chi connectivity index (χ1v) is 10.8. The minimum absolute atomic E-state index is 0. The van der Waals surface area contributed by atoms with E-state index >= 15 is 0 Å². The van der Waals surface area contributed by atoms with Crippen LogP contribution in [0.3, 0.4) is 0 Å². The van der Waals surface area contributed by atoms with Gasteiger partial charge in [0.2, 0.25) is 0 Å². The Morgan fingerprint density at radius 2 is 1.96 bits per heavy atom. The van der Waals surface area contributed by atoms with Gasteiger partial charge in [-0.25, -0.2) is 4.79 Å². The van der Waals surface area contributed by atoms with Crippen LogP contribution in [-0.4, -0.2) is 47.8 Å². The summed E-state index contributed by atoms with van der Waals surface area (Å²) >= 11 is 0. The van der Waals surface area contributed by atoms with Crippen molar-refractivity contribution in [2.45, 2.75) is 76.9 Å². The van der Waals surface area contributed by atoms with Crippen molar-refractivity contribution in [3.63, 3.8) is 0 Å². The van der Waals surface area contributed by atoms with Crippen LogP contribution in [0.5, 0.6) is 0 Å². The number of esters is 1. The molecule has 1 aromatic rings. The van der Waals surface area contributed by atoms with Crippen molar-refractivity contribution >= 4 is 5.97 Å². The predicted octanol–water partition coefficient (Wildman–Crippen LogP) is 0.947. The van der Waals surface area contributed by atoms with Crippen molar-refractivity contribution in [3.05, 3.63) is 35.4 Å². The van der Waals surface area contributed by atoms with Gasteiger partial charge in [-0.3, -0.25) is 0 Å². The lowest BCUT2D eigenvalue weighted by molar-refractivity contribution is -0.906. The van der Waals surface area contributed by atoms with Crippen LogP contribution in [-0.2, 0) is 21.6 Å². The summed E-state index contributed by atoms with van der Waals surface area (Å²) < 4.78 is 6.87. The summed E-state index contributed by atoms with van der Waals surface area (Å²) in [6.45, 7) is 8.23. The molecule has 0 aromatic heterocycles. The van der Waals surface area contributed by atoms with Crippen molar-refractivity contribution in [1.82, 2.24) is 0 Å². The van der Waals surface area contributed by atoms with Gasteiger partial charge in [0.05, 0.1) is 19.6 Å². The number of aliphatic hydroxyl groups is 1. The summed E-state index contributed by atoms with van der Waals surface area (Å²) in [7, 11) is 0. The largest absolute Gasteiger partial charge is 1.00 e. The van der Waals surface area contributed by atoms with Crippen LogP contribution < -0.4 is 17.0 Å². The molecule has 2 unspecified atom stereocenters. The molecule has 0 amide bonds. The van der Waals surface area contributed by atoms with Crippen LogP contribution in [0.15, 0.2) is 24.3 Å². The van der Waals surface area contributed by atoms with Gasteiger partial charge in [-0.05, 0) is 30.9 Å². The maximum Gasteiger partial charge on any atom is 0.343 e. The lowest BCUT2D eigenvalue weighted by Crippen LogP contribution is -3.00. The molecule has 5 heteroatoms. The summed E-state index contributed by atoms with van der Waals surface area (Å²) in [5, 5.41) is 10.9. The van der Waals surface area contributed by atoms with E-state index in [0.717, 1.165) is 36.8 Å². The zero-order valence-corrected chi connectivity index (χ0v) is 19.0. The molecule has 1 N–H and O–H groups in total. The molecule has 2 aliphatic heterocycles. The molecule has 0 radical (unpaired) electrons. The minimum Gasteiger partial charge on any atom is -1.00 e. The summed E-state index contributed by atoms with van der Waals surface area (Å²) in [4.78, 5) is 12.8. The lowest BCUT2D eigenvalue weighted by atomic mass is 9.93. The third-order valence-corrected chi connectivity index (χ3v) is 6.51. The first kappa shape index (κ1) is 23.4. The molecular weight excluding hydrogens is 418 g/mol. The Hall–Kier alpha value is -0.910. The van der Waals surface area contributed by atoms with Crippen LogP contribution in [0.1, 0.15) is 69.9 Å². The standard InChI is InChI=1S/C23H36NO3.BrH/c1-3-4-5-6-10-19-11-9-12-20(17-19)23(2,26)22(25)27-21-13-16-24(18-21)14-7-8-15-24;/h9,11-12,17,21,26H,3-8,10,13-16,18H2,1-2H3;1H/q+1;/p-1. The number of aryl methyl sites for hydroxylation is 1. The van der Waals surface area contributed by atoms with Gasteiger partial charge < -0.3 is 31.3 Å². The number of carbonyl (C=O) groups excluding carboxylic acids is 1. The van der Waals surface area contributed by atoms with Gasteiger partial charge in [0, 0.05) is 19.3 Å². The number of benzene rings is 1. The predicted molar refractivity (Wildman–Crippen MR) is 107 cm³/mol. The zero-order valence-electron chi connectivity index (χ0n) is 17.5. The molecule has 0 bridgehead atoms. The highest BCUT2D eigenvalue weighted by molar-refractivity contribution is 5.80. The molecule has 2 fully saturated rings. The van der Waals surface area contributed by atoms with E-state index in [1.165, 1.54) is 50.8 Å². The van der Waals surface area contributed by atoms with Crippen molar-refractivity contribution in [1.29, 1.82) is 0 Å². The Morgan fingerprint density at radius 1 is 1.21 bits per heavy atom. The normalized spacial score (nSPS) is 22.6. The molecule has 0 saturated carbocycles. The molecule has 2 aliphatic rings. The molecule has 0 aliphatic carbocycles. The number of hydrogen-bond acceptors (Lipinski definition) is 3. The Morgan fingerprint density at radius 3 is 2.68 bits per heavy atom. The number of halogens is 1. The van der Waals surface area contributed by atoms with Crippen LogP contribution in [0.4, 0.5) is 0 Å². The van der Waals surface area contributed by atoms with E-state index in [-0.39, 0.29) is 23.1 Å². The van der Waals surface area contributed by atoms with E-state index in [4.69, 9.17) is 4.74 Å². The van der Waals surface area contributed by atoms with Crippen molar-refractivity contribution in [3.8, 4) is 0 Å². The van der Waals surface area contributed by atoms with Gasteiger partial charge in [-0.2, -0.15) is 0 Å². The van der Waals surface area contributed by atoms with Gasteiger partial charge >= 0.3 is 5.97 Å². The average Bonchev–Trinajstić information content (AvgIpc) is 3.28. The highest BCUT2D eigenvalue weighted by Crippen LogP contribution is 2.30. The van der Waals surface area contributed by atoms with Gasteiger partial charge in [-0.1, -0.05) is 50.5 Å². The maximum atomic E-state index is 12.8. The fraction of sp³-hybridized carbons (Fsp3) is 0.696. The number of nitrogens with zero attached hydrogens (tertiary/aromatic N) is 1. The number of unbranched alkanes of at least 4 members (excludes halogenated alkanes) is 3. The van der Waals surface area contributed by atoms with Crippen LogP contribution in [0, 0.1) is 0 Å². The van der Waals surface area contributed by atoms with Crippen LogP contribution >= 0.6 is 0 Å². The van der Waals surface area contributed by atoms with E-state index < -0.39 is 11.6 Å². The number of hydrogen-bond donors (Lipinski definition) is 1. The molecule has 2 atom stereocenters. The fourth-order valence-corrected chi connectivity index (χ4v) is 4.71. The molecule has 2 heterocycles. The fourth-order valence-electron chi connectivity index (χ4n) is 4.71. The molecule has 1 aromatic carbocycles. The Labute approximate surface area is 180 Å². The Bertz CT molecular complexity index is 640. The molecule has 3 rings (SSSR count). The van der Waals surface area contributed by atoms with Crippen LogP contribution in [0.2, 0.25) is 0 Å². The third-order valence-electron chi connectivity index (χ3n) is 6.51. The summed E-state index contributed by atoms with van der Waals surface area (Å²) in [5.74, 6) is -0.505. The van der Waals surface area contributed by atoms with Crippen molar-refractivity contribution in [2.75, 3.05) is 26.2 Å². The minimum atomic E-state index is -1.59. The van der Waals surface area contributed by atoms with Crippen molar-refractivity contribution < 1.29 is 36.1 Å². The highest BCUT2D eigenvalue weighted by atomic mass is 79.9. The number of ether oxygens (including phenoxy) is 1. The number of carbonyl (C=O) groups is 1. The van der Waals surface area contributed by atoms with E-state index in [1.54, 1.807) is 6.92 Å². The molecule has 1 spiro atoms. The average molecular weight is 454 g/mol. The molecule has 4 nitrogen and oxygen atoms in total. The van der Waals surface area contributed by atoms with E-state index in [0.29, 0.717) is 5.56 Å². The first-order valence-electron chi connectivity index (χ1n) is 10.8. The lowest BCUT2D eigenvalue weighted by Gasteiger charge is -2.29. The molecular formula is C23H36BrNO3. The number of rotatable bonds is 8. The Kier molecular flexibility index (Phi) is 8.53. The molecule has 28 heavy (non-hydrogen) atoms. The second kappa shape index (κ2) is 10.2. The molecule has 158 valence electrons. The second-order valence-electron chi connectivity index (χ2n) is 8.80. The first-order chi connectivity index (χ1) is 13.0. The van der Waals surface area contributed by atoms with Crippen LogP contribution in [0.25, 0.3) is 0 Å². The summed E-state index contributed by atoms with van der Waals surface area (Å²) in [6.07, 6.45) is 9.26. The smallest absolute Gasteiger partial charge is 0.343 e. The van der Waals surface area contributed by atoms with Gasteiger partial charge in [0.15, 0.2) is 11.7 Å². The second-order valence-corrected chi connectivity index (χ2v) is 8.80. The summed E-state index contributed by atoms with van der Waals surface area (Å²) in [5.41, 5.74) is 0.236. The van der Waals surface area contributed by atoms with Gasteiger partial charge in [-0.15, -0.1) is 0 Å². The van der Waals surface area contributed by atoms with Gasteiger partial charge in [0.1, 0.15) is 6.54 Å². The SMILES string of the molecule is CCCCCCc1cccc(C(C)(O)C(=O)OC2CC[N+]3(CCCC3)C2)c1.[Br-]. The summed E-state index contributed by atoms with van der Waals surface area (Å²) in [6, 6.07) is 7.82. The van der Waals surface area contributed by atoms with E-state index in [2.05, 4.69) is 13.0 Å². The maximum absolute atomic E-state index is 12.8. The van der Waals surface area contributed by atoms with Crippen molar-refractivity contribution in [2.24, 2.45) is 0 Å². The quantitative estimate of drug-likeness (QED) is 0.362. The molecule has 2 saturated heterocycles. The number of quaternary nitrogens is 1. The monoisotopic (exact) mass is 453 g/mol. The van der Waals surface area contributed by atoms with E-state index in [1.807, 2.05) is 18.2 Å². The van der Waals surface area contributed by atoms with E-state index in [9.17, 15) is 9.90 Å². The topological polar surface area (TPSA) is 46.5 Å². The third kappa shape index (κ3) is 5.58.